The minimum absolute atomic E-state index is 0.0587. The number of hydrogen-bond acceptors (Lipinski definition) is 2. The molecule has 21 heavy (non-hydrogen) atoms. The van der Waals surface area contributed by atoms with Gasteiger partial charge in [0.1, 0.15) is 0 Å². The minimum Gasteiger partial charge on any atom is -0.326 e. The first kappa shape index (κ1) is 14.8. The molecule has 0 spiro atoms. The van der Waals surface area contributed by atoms with Crippen LogP contribution in [0.5, 0.6) is 0 Å². The van der Waals surface area contributed by atoms with Gasteiger partial charge in [0.05, 0.1) is 6.42 Å². The molecule has 2 aromatic carbocycles. The Hall–Kier alpha value is -2.62. The lowest BCUT2D eigenvalue weighted by molar-refractivity contribution is -0.116. The maximum absolute atomic E-state index is 12.0. The summed E-state index contributed by atoms with van der Waals surface area (Å²) in [5.74, 6) is -0.174. The van der Waals surface area contributed by atoms with Gasteiger partial charge >= 0.3 is 0 Å². The topological polar surface area (TPSA) is 58.2 Å². The fourth-order valence-corrected chi connectivity index (χ4v) is 2.06. The third-order valence-corrected chi connectivity index (χ3v) is 3.03. The smallest absolute Gasteiger partial charge is 0.228 e. The molecule has 0 fully saturated rings. The Kier molecular flexibility index (Phi) is 4.72. The summed E-state index contributed by atoms with van der Waals surface area (Å²) in [6, 6.07) is 15.0. The van der Waals surface area contributed by atoms with E-state index >= 15 is 0 Å². The molecule has 0 atom stereocenters. The maximum atomic E-state index is 12.0. The number of hydrogen-bond donors (Lipinski definition) is 2. The van der Waals surface area contributed by atoms with Crippen LogP contribution in [0.1, 0.15) is 18.1 Å². The van der Waals surface area contributed by atoms with E-state index in [1.807, 2.05) is 43.3 Å². The second kappa shape index (κ2) is 6.70. The van der Waals surface area contributed by atoms with Crippen LogP contribution in [0.3, 0.4) is 0 Å². The molecule has 0 aromatic heterocycles. The number of carbonyl (C=O) groups excluding carboxylic acids is 2. The third-order valence-electron chi connectivity index (χ3n) is 3.03. The van der Waals surface area contributed by atoms with Crippen molar-refractivity contribution in [2.24, 2.45) is 0 Å². The summed E-state index contributed by atoms with van der Waals surface area (Å²) in [5.41, 5.74) is 3.36. The molecule has 0 aliphatic carbocycles. The van der Waals surface area contributed by atoms with Crippen molar-refractivity contribution in [1.82, 2.24) is 0 Å². The molecule has 0 aliphatic heterocycles. The second-order valence-corrected chi connectivity index (χ2v) is 4.92. The Labute approximate surface area is 124 Å². The van der Waals surface area contributed by atoms with Gasteiger partial charge in [-0.25, -0.2) is 0 Å². The van der Waals surface area contributed by atoms with Gasteiger partial charge < -0.3 is 10.6 Å². The quantitative estimate of drug-likeness (QED) is 0.905. The highest BCUT2D eigenvalue weighted by Crippen LogP contribution is 2.20. The lowest BCUT2D eigenvalue weighted by atomic mass is 10.1. The summed E-state index contributed by atoms with van der Waals surface area (Å²) < 4.78 is 0. The predicted molar refractivity (Wildman–Crippen MR) is 84.3 cm³/mol. The van der Waals surface area contributed by atoms with Crippen molar-refractivity contribution in [1.29, 1.82) is 0 Å². The number of anilines is 2. The second-order valence-electron chi connectivity index (χ2n) is 4.92. The normalized spacial score (nSPS) is 10.0. The van der Waals surface area contributed by atoms with Crippen LogP contribution < -0.4 is 10.6 Å². The Morgan fingerprint density at radius 2 is 1.71 bits per heavy atom. The molecule has 0 bridgehead atoms. The summed E-state index contributed by atoms with van der Waals surface area (Å²) in [5, 5.41) is 5.60. The van der Waals surface area contributed by atoms with E-state index in [4.69, 9.17) is 0 Å². The van der Waals surface area contributed by atoms with Crippen molar-refractivity contribution in [2.75, 3.05) is 10.6 Å². The van der Waals surface area contributed by atoms with Crippen molar-refractivity contribution >= 4 is 23.2 Å². The van der Waals surface area contributed by atoms with Gasteiger partial charge in [-0.3, -0.25) is 9.59 Å². The lowest BCUT2D eigenvalue weighted by Crippen LogP contribution is -2.15. The standard InChI is InChI=1S/C17H18N2O2/c1-12-10-15(18-13(2)20)8-9-16(12)19-17(21)11-14-6-4-3-5-7-14/h3-10H,11H2,1-2H3,(H,18,20)(H,19,21). The van der Waals surface area contributed by atoms with E-state index in [0.717, 1.165) is 22.5 Å². The van der Waals surface area contributed by atoms with Crippen LogP contribution in [0.2, 0.25) is 0 Å². The molecular weight excluding hydrogens is 264 g/mol. The zero-order valence-corrected chi connectivity index (χ0v) is 12.1. The number of carbonyl (C=O) groups is 2. The van der Waals surface area contributed by atoms with E-state index in [0.29, 0.717) is 6.42 Å². The molecule has 2 aromatic rings. The van der Waals surface area contributed by atoms with Crippen molar-refractivity contribution in [3.63, 3.8) is 0 Å². The van der Waals surface area contributed by atoms with E-state index in [-0.39, 0.29) is 11.8 Å². The van der Waals surface area contributed by atoms with E-state index in [1.54, 1.807) is 12.1 Å². The van der Waals surface area contributed by atoms with E-state index < -0.39 is 0 Å². The monoisotopic (exact) mass is 282 g/mol. The van der Waals surface area contributed by atoms with Crippen molar-refractivity contribution in [3.05, 3.63) is 59.7 Å². The Balaban J connectivity index is 2.02. The SMILES string of the molecule is CC(=O)Nc1ccc(NC(=O)Cc2ccccc2)c(C)c1. The van der Waals surface area contributed by atoms with Crippen LogP contribution >= 0.6 is 0 Å². The van der Waals surface area contributed by atoms with Gasteiger partial charge in [0, 0.05) is 18.3 Å². The summed E-state index contributed by atoms with van der Waals surface area (Å²) in [6.07, 6.45) is 0.341. The molecule has 4 heteroatoms. The van der Waals surface area contributed by atoms with Crippen LogP contribution in [0.4, 0.5) is 11.4 Å². The summed E-state index contributed by atoms with van der Waals surface area (Å²) in [4.78, 5) is 23.0. The molecule has 4 nitrogen and oxygen atoms in total. The maximum Gasteiger partial charge on any atom is 0.228 e. The molecule has 0 radical (unpaired) electrons. The van der Waals surface area contributed by atoms with E-state index in [1.165, 1.54) is 6.92 Å². The third kappa shape index (κ3) is 4.45. The molecule has 0 saturated carbocycles. The highest BCUT2D eigenvalue weighted by molar-refractivity contribution is 5.94. The van der Waals surface area contributed by atoms with Crippen LogP contribution in [0, 0.1) is 6.92 Å². The van der Waals surface area contributed by atoms with E-state index in [2.05, 4.69) is 10.6 Å². The number of amides is 2. The molecule has 0 heterocycles. The molecule has 2 rings (SSSR count). The fourth-order valence-electron chi connectivity index (χ4n) is 2.06. The van der Waals surface area contributed by atoms with Gasteiger partial charge in [0.15, 0.2) is 0 Å². The minimum atomic E-state index is -0.115. The Bertz CT molecular complexity index is 651. The van der Waals surface area contributed by atoms with Crippen LogP contribution in [0.25, 0.3) is 0 Å². The van der Waals surface area contributed by atoms with Crippen LogP contribution in [-0.4, -0.2) is 11.8 Å². The summed E-state index contributed by atoms with van der Waals surface area (Å²) in [7, 11) is 0. The first-order chi connectivity index (χ1) is 10.0. The highest BCUT2D eigenvalue weighted by Gasteiger charge is 2.07. The number of rotatable bonds is 4. The number of nitrogens with one attached hydrogen (secondary N) is 2. The fraction of sp³-hybridized carbons (Fsp3) is 0.176. The van der Waals surface area contributed by atoms with Gasteiger partial charge in [-0.05, 0) is 36.2 Å². The van der Waals surface area contributed by atoms with Crippen molar-refractivity contribution < 1.29 is 9.59 Å². The summed E-state index contributed by atoms with van der Waals surface area (Å²) >= 11 is 0. The zero-order chi connectivity index (χ0) is 15.2. The predicted octanol–water partition coefficient (Wildman–Crippen LogP) is 3.13. The lowest BCUT2D eigenvalue weighted by Gasteiger charge is -2.10. The molecule has 108 valence electrons. The zero-order valence-electron chi connectivity index (χ0n) is 12.1. The van der Waals surface area contributed by atoms with Crippen LogP contribution in [0.15, 0.2) is 48.5 Å². The van der Waals surface area contributed by atoms with Crippen LogP contribution in [-0.2, 0) is 16.0 Å². The number of aryl methyl sites for hydroxylation is 1. The van der Waals surface area contributed by atoms with E-state index in [9.17, 15) is 9.59 Å². The van der Waals surface area contributed by atoms with Gasteiger partial charge in [-0.2, -0.15) is 0 Å². The molecule has 0 unspecified atom stereocenters. The largest absolute Gasteiger partial charge is 0.326 e. The molecule has 2 N–H and O–H groups in total. The first-order valence-electron chi connectivity index (χ1n) is 6.76. The molecule has 0 aliphatic rings. The first-order valence-corrected chi connectivity index (χ1v) is 6.76. The van der Waals surface area contributed by atoms with Crippen molar-refractivity contribution in [3.8, 4) is 0 Å². The Morgan fingerprint density at radius 3 is 2.33 bits per heavy atom. The van der Waals surface area contributed by atoms with Gasteiger partial charge in [0.2, 0.25) is 11.8 Å². The molecule has 0 saturated heterocycles. The molecule has 2 amide bonds. The van der Waals surface area contributed by atoms with Crippen molar-refractivity contribution in [2.45, 2.75) is 20.3 Å². The average Bonchev–Trinajstić information content (AvgIpc) is 2.42. The number of benzene rings is 2. The average molecular weight is 282 g/mol. The summed E-state index contributed by atoms with van der Waals surface area (Å²) in [6.45, 7) is 3.36. The van der Waals surface area contributed by atoms with Gasteiger partial charge in [0.25, 0.3) is 0 Å². The van der Waals surface area contributed by atoms with Gasteiger partial charge in [-0.1, -0.05) is 30.3 Å². The molecular formula is C17H18N2O2. The Morgan fingerprint density at radius 1 is 1.00 bits per heavy atom. The van der Waals surface area contributed by atoms with Gasteiger partial charge in [-0.15, -0.1) is 0 Å². The highest BCUT2D eigenvalue weighted by atomic mass is 16.2.